The third-order valence-corrected chi connectivity index (χ3v) is 6.89. The summed E-state index contributed by atoms with van der Waals surface area (Å²) in [6, 6.07) is 8.17. The summed E-state index contributed by atoms with van der Waals surface area (Å²) in [6.45, 7) is 0.110. The Morgan fingerprint density at radius 2 is 2.19 bits per heavy atom. The minimum absolute atomic E-state index is 0.0728. The van der Waals surface area contributed by atoms with Gasteiger partial charge in [-0.2, -0.15) is 5.26 Å². The number of hydrogen-bond donors (Lipinski definition) is 2. The minimum Gasteiger partial charge on any atom is -0.480 e. The van der Waals surface area contributed by atoms with E-state index < -0.39 is 5.54 Å². The van der Waals surface area contributed by atoms with E-state index in [4.69, 9.17) is 15.4 Å². The molecule has 0 saturated heterocycles. The molecule has 1 aliphatic carbocycles. The number of anilines is 1. The summed E-state index contributed by atoms with van der Waals surface area (Å²) < 4.78 is 6.43. The quantitative estimate of drug-likeness (QED) is 0.397. The van der Waals surface area contributed by atoms with Crippen LogP contribution < -0.4 is 10.2 Å². The van der Waals surface area contributed by atoms with Crippen molar-refractivity contribution >= 4 is 49.8 Å². The summed E-state index contributed by atoms with van der Waals surface area (Å²) in [4.78, 5) is 23.1. The molecule has 2 heterocycles. The van der Waals surface area contributed by atoms with Crippen LogP contribution in [0.3, 0.4) is 0 Å². The molecule has 0 aliphatic heterocycles. The van der Waals surface area contributed by atoms with Gasteiger partial charge in [0.25, 0.3) is 0 Å². The highest BCUT2D eigenvalue weighted by Gasteiger charge is 2.44. The fraction of sp³-hybridized carbons (Fsp3) is 0.381. The molecule has 0 unspecified atom stereocenters. The van der Waals surface area contributed by atoms with Crippen LogP contribution >= 0.6 is 22.7 Å². The number of aromatic nitrogens is 2. The highest BCUT2D eigenvalue weighted by atomic mass is 32.1. The summed E-state index contributed by atoms with van der Waals surface area (Å²) >= 11 is 3.13. The molecule has 10 heteroatoms. The van der Waals surface area contributed by atoms with Gasteiger partial charge in [0.2, 0.25) is 5.91 Å². The van der Waals surface area contributed by atoms with Crippen molar-refractivity contribution in [3.63, 3.8) is 0 Å². The van der Waals surface area contributed by atoms with Gasteiger partial charge in [-0.05, 0) is 25.0 Å². The van der Waals surface area contributed by atoms with E-state index >= 15 is 0 Å². The first-order valence-corrected chi connectivity index (χ1v) is 11.5. The maximum atomic E-state index is 11.9. The normalized spacial score (nSPS) is 14.1. The molecule has 1 aliphatic rings. The van der Waals surface area contributed by atoms with Gasteiger partial charge in [0.1, 0.15) is 10.5 Å². The molecule has 1 amide bonds. The fourth-order valence-corrected chi connectivity index (χ4v) is 4.76. The first kappa shape index (κ1) is 21.2. The van der Waals surface area contributed by atoms with E-state index in [1.807, 2.05) is 36.5 Å². The number of nitriles is 1. The second-order valence-electron chi connectivity index (χ2n) is 7.64. The summed E-state index contributed by atoms with van der Waals surface area (Å²) in [7, 11) is 3.95. The van der Waals surface area contributed by atoms with Crippen molar-refractivity contribution in [3.8, 4) is 17.3 Å². The monoisotopic (exact) mass is 454 g/mol. The molecule has 2 N–H and O–H groups in total. The van der Waals surface area contributed by atoms with E-state index in [0.717, 1.165) is 31.6 Å². The Kier molecular flexibility index (Phi) is 5.89. The third-order valence-electron chi connectivity index (χ3n) is 4.86. The summed E-state index contributed by atoms with van der Waals surface area (Å²) in [5.74, 6) is -0.151. The number of nitrogens with zero attached hydrogens (tertiary/aromatic N) is 4. The highest BCUT2D eigenvalue weighted by Crippen LogP contribution is 2.34. The van der Waals surface area contributed by atoms with Gasteiger partial charge in [-0.25, -0.2) is 9.97 Å². The molecule has 1 fully saturated rings. The maximum Gasteiger partial charge on any atom is 0.224 e. The van der Waals surface area contributed by atoms with E-state index in [0.29, 0.717) is 12.8 Å². The second-order valence-corrected chi connectivity index (χ2v) is 9.59. The van der Waals surface area contributed by atoms with Crippen LogP contribution in [0.1, 0.15) is 24.3 Å². The number of fused-ring (bicyclic) bond motifs is 1. The van der Waals surface area contributed by atoms with Crippen molar-refractivity contribution in [2.75, 3.05) is 25.6 Å². The van der Waals surface area contributed by atoms with Gasteiger partial charge in [-0.3, -0.25) is 10.2 Å². The highest BCUT2D eigenvalue weighted by molar-refractivity contribution is 7.18. The Balaban J connectivity index is 1.32. The lowest BCUT2D eigenvalue weighted by Gasteiger charge is -2.09. The standard InChI is InChI=1S/C21H22N6O2S2/c1-27(2)20-25-15(11-30-20)13-3-4-14-16(9-13)31-19(24-14)10-17(23)29-8-5-18(28)26-21(12-22)6-7-21/h3-4,9,11,23H,5-8,10H2,1-2H3,(H,26,28). The van der Waals surface area contributed by atoms with Gasteiger partial charge in [0, 0.05) is 25.0 Å². The minimum atomic E-state index is -0.670. The topological polar surface area (TPSA) is 115 Å². The van der Waals surface area contributed by atoms with E-state index in [2.05, 4.69) is 27.4 Å². The molecule has 3 aromatic rings. The van der Waals surface area contributed by atoms with Crippen LogP contribution in [0.15, 0.2) is 23.6 Å². The Morgan fingerprint density at radius 3 is 2.87 bits per heavy atom. The third kappa shape index (κ3) is 5.00. The number of amides is 1. The summed E-state index contributed by atoms with van der Waals surface area (Å²) in [5.41, 5.74) is 2.18. The van der Waals surface area contributed by atoms with Gasteiger partial charge in [-0.15, -0.1) is 22.7 Å². The zero-order valence-corrected chi connectivity index (χ0v) is 18.9. The summed E-state index contributed by atoms with van der Waals surface area (Å²) in [6.07, 6.45) is 1.80. The molecule has 0 radical (unpaired) electrons. The lowest BCUT2D eigenvalue weighted by atomic mass is 10.2. The predicted octanol–water partition coefficient (Wildman–Crippen LogP) is 3.58. The molecule has 160 valence electrons. The van der Waals surface area contributed by atoms with Crippen LogP contribution in [-0.4, -0.2) is 48.0 Å². The molecule has 0 bridgehead atoms. The van der Waals surface area contributed by atoms with E-state index in [9.17, 15) is 4.79 Å². The van der Waals surface area contributed by atoms with E-state index in [-0.39, 0.29) is 31.3 Å². The average Bonchev–Trinajstić information content (AvgIpc) is 3.14. The smallest absolute Gasteiger partial charge is 0.224 e. The lowest BCUT2D eigenvalue weighted by molar-refractivity contribution is -0.122. The number of rotatable bonds is 8. The number of thiazole rings is 2. The van der Waals surface area contributed by atoms with Gasteiger partial charge in [-0.1, -0.05) is 6.07 Å². The molecule has 0 atom stereocenters. The van der Waals surface area contributed by atoms with Gasteiger partial charge in [0.15, 0.2) is 11.0 Å². The van der Waals surface area contributed by atoms with E-state index in [1.165, 1.54) is 11.3 Å². The maximum absolute atomic E-state index is 11.9. The van der Waals surface area contributed by atoms with Crippen molar-refractivity contribution in [2.45, 2.75) is 31.2 Å². The molecule has 2 aromatic heterocycles. The van der Waals surface area contributed by atoms with Crippen molar-refractivity contribution in [1.82, 2.24) is 15.3 Å². The average molecular weight is 455 g/mol. The van der Waals surface area contributed by atoms with Gasteiger partial charge in [0.05, 0.1) is 41.4 Å². The largest absolute Gasteiger partial charge is 0.480 e. The van der Waals surface area contributed by atoms with Crippen LogP contribution in [0.4, 0.5) is 5.13 Å². The first-order valence-electron chi connectivity index (χ1n) is 9.83. The Morgan fingerprint density at radius 1 is 1.39 bits per heavy atom. The van der Waals surface area contributed by atoms with Crippen molar-refractivity contribution < 1.29 is 9.53 Å². The number of carbonyl (C=O) groups excluding carboxylic acids is 1. The first-order chi connectivity index (χ1) is 14.9. The molecule has 1 aromatic carbocycles. The number of carbonyl (C=O) groups is 1. The molecular formula is C21H22N6O2S2. The zero-order valence-electron chi connectivity index (χ0n) is 17.3. The van der Waals surface area contributed by atoms with Gasteiger partial charge >= 0.3 is 0 Å². The molecule has 8 nitrogen and oxygen atoms in total. The van der Waals surface area contributed by atoms with Gasteiger partial charge < -0.3 is 15.0 Å². The Labute approximate surface area is 188 Å². The number of benzene rings is 1. The summed E-state index contributed by atoms with van der Waals surface area (Å²) in [5, 5.41) is 23.5. The molecule has 4 rings (SSSR count). The van der Waals surface area contributed by atoms with Crippen LogP contribution in [-0.2, 0) is 16.0 Å². The van der Waals surface area contributed by atoms with Crippen LogP contribution in [0, 0.1) is 16.7 Å². The SMILES string of the molecule is CN(C)c1nc(-c2ccc3nc(CC(=N)OCCC(=O)NC4(C#N)CC4)sc3c2)cs1. The van der Waals surface area contributed by atoms with Crippen molar-refractivity contribution in [1.29, 1.82) is 10.7 Å². The Hall–Kier alpha value is -3.03. The lowest BCUT2D eigenvalue weighted by Crippen LogP contribution is -2.36. The molecule has 0 spiro atoms. The second kappa shape index (κ2) is 8.61. The van der Waals surface area contributed by atoms with Crippen LogP contribution in [0.25, 0.3) is 21.5 Å². The number of ether oxygens (including phenoxy) is 1. The van der Waals surface area contributed by atoms with Crippen molar-refractivity contribution in [2.24, 2.45) is 0 Å². The van der Waals surface area contributed by atoms with Crippen LogP contribution in [0.2, 0.25) is 0 Å². The number of nitrogens with one attached hydrogen (secondary N) is 2. The fourth-order valence-electron chi connectivity index (χ4n) is 2.98. The van der Waals surface area contributed by atoms with Crippen molar-refractivity contribution in [3.05, 3.63) is 28.6 Å². The molecule has 1 saturated carbocycles. The molecule has 31 heavy (non-hydrogen) atoms. The van der Waals surface area contributed by atoms with E-state index in [1.54, 1.807) is 11.3 Å². The zero-order chi connectivity index (χ0) is 22.0. The molecular weight excluding hydrogens is 432 g/mol. The predicted molar refractivity (Wildman–Crippen MR) is 123 cm³/mol. The van der Waals surface area contributed by atoms with Crippen LogP contribution in [0.5, 0.6) is 0 Å². The Bertz CT molecular complexity index is 1170. The number of hydrogen-bond acceptors (Lipinski definition) is 9.